The SMILES string of the molecule is CC(C)(C)[Si](OC[C@H]1O[C@@H](Sc2ccccc2)[C@H](OC(=O)c2ccccc2)[C@@H](OC(=O)c2ccccc2)[C@@H]1O[C@H]1O[C@H](COCc2ccccc2)[C@@H](OCc2ccccc2)[C@H](OCc2ccccc2)[C@H]1OCc1ccccc1)(c1ccccc1)c1ccccc1. The third-order valence-corrected chi connectivity index (χ3v) is 22.3. The van der Waals surface area contributed by atoms with Crippen molar-refractivity contribution in [2.45, 2.75) is 118 Å². The molecule has 90 heavy (non-hydrogen) atoms. The number of hydrogen-bond acceptors (Lipinski definition) is 13. The van der Waals surface area contributed by atoms with Crippen molar-refractivity contribution in [3.05, 3.63) is 306 Å². The predicted molar refractivity (Wildman–Crippen MR) is 351 cm³/mol. The Hall–Kier alpha value is -7.83. The third kappa shape index (κ3) is 16.2. The molecule has 9 aromatic rings. The number of thioether (sulfide) groups is 1. The van der Waals surface area contributed by atoms with E-state index >= 15 is 4.79 Å². The largest absolute Gasteiger partial charge is 0.452 e. The standard InChI is InChI=1S/C76H76O12SSi/c1-76(2,3)90(62-45-27-11-28-46-62,63-47-29-12-30-48-63)83-54-65-67(69(86-72(77)59-39-21-8-22-40-59)71(87-73(78)60-41-23-9-24-42-60)75(85-65)89-61-43-25-10-26-44-61)88-74-70(82-52-58-37-19-7-20-38-58)68(81-51-57-35-17-6-18-36-57)66(80-50-56-33-15-5-16-34-56)64(84-74)53-79-49-55-31-13-4-14-32-55/h4-48,64-71,74-75H,49-54H2,1-3H3/t64-,65-,66-,67-,68+,69+,70-,71-,74-,75+/m1/s1. The van der Waals surface area contributed by atoms with Crippen LogP contribution in [-0.4, -0.2) is 94.0 Å². The van der Waals surface area contributed by atoms with Crippen molar-refractivity contribution in [1.29, 1.82) is 0 Å². The average molecular weight is 1240 g/mol. The number of ether oxygens (including phenoxy) is 9. The highest BCUT2D eigenvalue weighted by molar-refractivity contribution is 7.99. The van der Waals surface area contributed by atoms with Gasteiger partial charge in [0.05, 0.1) is 50.8 Å². The van der Waals surface area contributed by atoms with Gasteiger partial charge in [0, 0.05) is 4.90 Å². The van der Waals surface area contributed by atoms with E-state index in [-0.39, 0.29) is 50.8 Å². The molecule has 0 aromatic heterocycles. The van der Waals surface area contributed by atoms with Gasteiger partial charge in [0.15, 0.2) is 18.5 Å². The van der Waals surface area contributed by atoms with Gasteiger partial charge in [-0.2, -0.15) is 0 Å². The van der Waals surface area contributed by atoms with E-state index in [1.54, 1.807) is 48.5 Å². The molecule has 0 amide bonds. The van der Waals surface area contributed by atoms with E-state index in [0.29, 0.717) is 0 Å². The smallest absolute Gasteiger partial charge is 0.338 e. The Balaban J connectivity index is 1.08. The van der Waals surface area contributed by atoms with Gasteiger partial charge in [-0.05, 0) is 74.1 Å². The molecule has 0 spiro atoms. The van der Waals surface area contributed by atoms with Crippen LogP contribution in [0.5, 0.6) is 0 Å². The summed E-state index contributed by atoms with van der Waals surface area (Å²) in [7, 11) is -3.37. The second kappa shape index (κ2) is 31.3. The monoisotopic (exact) mass is 1240 g/mol. The molecule has 0 radical (unpaired) electrons. The summed E-state index contributed by atoms with van der Waals surface area (Å²) in [6.07, 6.45) is -10.1. The van der Waals surface area contributed by atoms with Gasteiger partial charge in [0.2, 0.25) is 0 Å². The van der Waals surface area contributed by atoms with Gasteiger partial charge in [-0.1, -0.05) is 269 Å². The Morgan fingerprint density at radius 3 is 1.23 bits per heavy atom. The molecule has 14 heteroatoms. The zero-order valence-electron chi connectivity index (χ0n) is 50.8. The van der Waals surface area contributed by atoms with Crippen LogP contribution in [0.3, 0.4) is 0 Å². The van der Waals surface area contributed by atoms with Crippen molar-refractivity contribution in [3.8, 4) is 0 Å². The average Bonchev–Trinajstić information content (AvgIpc) is 0.855. The summed E-state index contributed by atoms with van der Waals surface area (Å²) >= 11 is 1.34. The van der Waals surface area contributed by atoms with Gasteiger partial charge in [-0.25, -0.2) is 9.59 Å². The number of benzene rings is 9. The maximum Gasteiger partial charge on any atom is 0.338 e. The van der Waals surface area contributed by atoms with E-state index in [2.05, 4.69) is 45.0 Å². The van der Waals surface area contributed by atoms with Crippen molar-refractivity contribution in [2.75, 3.05) is 13.2 Å². The second-order valence-corrected chi connectivity index (χ2v) is 28.8. The van der Waals surface area contributed by atoms with Crippen LogP contribution in [0, 0.1) is 0 Å². The molecule has 11 rings (SSSR count). The van der Waals surface area contributed by atoms with E-state index in [9.17, 15) is 4.79 Å². The summed E-state index contributed by atoms with van der Waals surface area (Å²) in [6.45, 7) is 7.33. The first-order valence-corrected chi connectivity index (χ1v) is 33.4. The van der Waals surface area contributed by atoms with Crippen LogP contribution >= 0.6 is 11.8 Å². The van der Waals surface area contributed by atoms with Gasteiger partial charge in [-0.15, -0.1) is 0 Å². The Bertz CT molecular complexity index is 3540. The summed E-state index contributed by atoms with van der Waals surface area (Å²) in [5.74, 6) is -1.34. The van der Waals surface area contributed by atoms with E-state index in [1.807, 2.05) is 200 Å². The zero-order chi connectivity index (χ0) is 62.0. The topological polar surface area (TPSA) is 126 Å². The maximum absolute atomic E-state index is 15.2. The summed E-state index contributed by atoms with van der Waals surface area (Å²) in [5, 5.41) is 1.61. The Labute approximate surface area is 533 Å². The molecule has 2 fully saturated rings. The van der Waals surface area contributed by atoms with Gasteiger partial charge >= 0.3 is 11.9 Å². The van der Waals surface area contributed by atoms with Crippen molar-refractivity contribution >= 4 is 42.4 Å². The van der Waals surface area contributed by atoms with E-state index < -0.39 is 85.9 Å². The molecule has 462 valence electrons. The molecular weight excluding hydrogens is 1160 g/mol. The van der Waals surface area contributed by atoms with Crippen LogP contribution in [0.2, 0.25) is 5.04 Å². The summed E-state index contributed by atoms with van der Waals surface area (Å²) < 4.78 is 72.4. The molecule has 0 unspecified atom stereocenters. The molecule has 2 heterocycles. The Kier molecular flexibility index (Phi) is 22.1. The van der Waals surface area contributed by atoms with Crippen molar-refractivity contribution in [1.82, 2.24) is 0 Å². The summed E-state index contributed by atoms with van der Waals surface area (Å²) in [6, 6.07) is 87.6. The van der Waals surface area contributed by atoms with Gasteiger partial charge in [0.25, 0.3) is 8.32 Å². The molecule has 0 saturated carbocycles. The number of hydrogen-bond donors (Lipinski definition) is 0. The Morgan fingerprint density at radius 1 is 0.400 bits per heavy atom. The molecule has 2 aliphatic heterocycles. The van der Waals surface area contributed by atoms with Crippen LogP contribution in [0.1, 0.15) is 63.7 Å². The van der Waals surface area contributed by atoms with E-state index in [1.165, 1.54) is 11.8 Å². The summed E-state index contributed by atoms with van der Waals surface area (Å²) in [4.78, 5) is 30.8. The lowest BCUT2D eigenvalue weighted by atomic mass is 9.96. The second-order valence-electron chi connectivity index (χ2n) is 23.3. The van der Waals surface area contributed by atoms with E-state index in [0.717, 1.165) is 37.5 Å². The van der Waals surface area contributed by atoms with Crippen molar-refractivity contribution in [3.63, 3.8) is 0 Å². The molecule has 0 aliphatic carbocycles. The third-order valence-electron chi connectivity index (χ3n) is 16.1. The highest BCUT2D eigenvalue weighted by Gasteiger charge is 2.58. The van der Waals surface area contributed by atoms with Crippen molar-refractivity contribution < 1.29 is 56.6 Å². The fraction of sp³-hybridized carbons (Fsp3) is 0.263. The fourth-order valence-electron chi connectivity index (χ4n) is 11.7. The molecule has 10 atom stereocenters. The van der Waals surface area contributed by atoms with Crippen LogP contribution in [0.4, 0.5) is 0 Å². The lowest BCUT2D eigenvalue weighted by Crippen LogP contribution is -2.69. The maximum atomic E-state index is 15.2. The van der Waals surface area contributed by atoms with Crippen LogP contribution < -0.4 is 10.4 Å². The number of esters is 2. The van der Waals surface area contributed by atoms with Crippen LogP contribution in [0.25, 0.3) is 0 Å². The van der Waals surface area contributed by atoms with Gasteiger partial charge < -0.3 is 47.1 Å². The lowest BCUT2D eigenvalue weighted by molar-refractivity contribution is -0.355. The molecule has 2 aliphatic rings. The van der Waals surface area contributed by atoms with Crippen LogP contribution in [0.15, 0.2) is 278 Å². The number of carbonyl (C=O) groups is 2. The van der Waals surface area contributed by atoms with E-state index in [4.69, 9.17) is 47.1 Å². The van der Waals surface area contributed by atoms with Crippen molar-refractivity contribution in [2.24, 2.45) is 0 Å². The first-order valence-electron chi connectivity index (χ1n) is 30.6. The summed E-state index contributed by atoms with van der Waals surface area (Å²) in [5.41, 5.74) is 3.24. The minimum absolute atomic E-state index is 0.0336. The number of carbonyl (C=O) groups excluding carboxylic acids is 2. The minimum atomic E-state index is -3.37. The molecule has 2 saturated heterocycles. The molecular formula is C76H76O12SSi. The molecule has 0 bridgehead atoms. The quantitative estimate of drug-likeness (QED) is 0.0377. The lowest BCUT2D eigenvalue weighted by Gasteiger charge is -2.50. The van der Waals surface area contributed by atoms with Gasteiger partial charge in [-0.3, -0.25) is 0 Å². The highest BCUT2D eigenvalue weighted by Crippen LogP contribution is 2.43. The zero-order valence-corrected chi connectivity index (χ0v) is 52.6. The van der Waals surface area contributed by atoms with Gasteiger partial charge in [0.1, 0.15) is 42.1 Å². The Morgan fingerprint density at radius 2 is 0.778 bits per heavy atom. The normalized spacial score (nSPS) is 21.9. The molecule has 9 aromatic carbocycles. The number of rotatable bonds is 26. The molecule has 12 nitrogen and oxygen atoms in total. The predicted octanol–water partition coefficient (Wildman–Crippen LogP) is 13.6. The minimum Gasteiger partial charge on any atom is -0.452 e. The highest BCUT2D eigenvalue weighted by atomic mass is 32.2. The first kappa shape index (κ1) is 63.7. The fourth-order valence-corrected chi connectivity index (χ4v) is 17.4. The molecule has 0 N–H and O–H groups in total. The first-order chi connectivity index (χ1) is 44.1. The van der Waals surface area contributed by atoms with Crippen LogP contribution in [-0.2, 0) is 73.5 Å².